The number of halogens is 1. The minimum absolute atomic E-state index is 0. The number of hydrogen-bond donors (Lipinski definition) is 0. The van der Waals surface area contributed by atoms with E-state index in [4.69, 9.17) is 0 Å². The molecule has 98 valence electrons. The molecule has 2 fully saturated rings. The van der Waals surface area contributed by atoms with Crippen LogP contribution in [0.4, 0.5) is 0 Å². The molecule has 2 heterocycles. The van der Waals surface area contributed by atoms with E-state index in [0.29, 0.717) is 0 Å². The van der Waals surface area contributed by atoms with Crippen LogP contribution in [-0.2, 0) is 0 Å². The molecule has 0 amide bonds. The lowest BCUT2D eigenvalue weighted by atomic mass is 9.84. The van der Waals surface area contributed by atoms with Gasteiger partial charge in [0.15, 0.2) is 0 Å². The van der Waals surface area contributed by atoms with E-state index < -0.39 is 0 Å². The van der Waals surface area contributed by atoms with Crippen LogP contribution in [0.3, 0.4) is 0 Å². The van der Waals surface area contributed by atoms with Crippen molar-refractivity contribution in [1.82, 2.24) is 4.90 Å². The molecule has 0 aromatic heterocycles. The van der Waals surface area contributed by atoms with Crippen LogP contribution in [0.1, 0.15) is 62.2 Å². The second kappa shape index (κ2) is 4.54. The standard InChI is InChI=1S/C16H21N.ClH/c1-11-9-15-13-7-2-3-8-14(13)16(10-11)17(15)12-5-4-6-12;/h2-3,7-8,11-12,15-16H,4-6,9-10H2,1H3;1H. The average Bonchev–Trinajstić information content (AvgIpc) is 2.47. The van der Waals surface area contributed by atoms with Gasteiger partial charge in [-0.05, 0) is 42.7 Å². The molecular weight excluding hydrogens is 242 g/mol. The van der Waals surface area contributed by atoms with E-state index >= 15 is 0 Å². The Balaban J connectivity index is 0.000001000. The van der Waals surface area contributed by atoms with Crippen molar-refractivity contribution >= 4 is 12.4 Å². The van der Waals surface area contributed by atoms with Crippen LogP contribution in [0, 0.1) is 5.92 Å². The summed E-state index contributed by atoms with van der Waals surface area (Å²) < 4.78 is 0. The van der Waals surface area contributed by atoms with E-state index in [-0.39, 0.29) is 12.4 Å². The van der Waals surface area contributed by atoms with Gasteiger partial charge in [0.2, 0.25) is 0 Å². The van der Waals surface area contributed by atoms with Crippen molar-refractivity contribution in [1.29, 1.82) is 0 Å². The Morgan fingerprint density at radius 1 is 1.00 bits per heavy atom. The zero-order valence-electron chi connectivity index (χ0n) is 11.0. The summed E-state index contributed by atoms with van der Waals surface area (Å²) in [5.41, 5.74) is 3.29. The summed E-state index contributed by atoms with van der Waals surface area (Å²) in [5, 5.41) is 0. The molecule has 0 spiro atoms. The van der Waals surface area contributed by atoms with Crippen LogP contribution in [0.2, 0.25) is 0 Å². The van der Waals surface area contributed by atoms with Crippen LogP contribution in [0.25, 0.3) is 0 Å². The van der Waals surface area contributed by atoms with E-state index in [1.54, 1.807) is 11.1 Å². The highest BCUT2D eigenvalue weighted by Crippen LogP contribution is 2.55. The van der Waals surface area contributed by atoms with Crippen LogP contribution in [0.15, 0.2) is 24.3 Å². The molecule has 2 unspecified atom stereocenters. The normalized spacial score (nSPS) is 34.6. The van der Waals surface area contributed by atoms with Gasteiger partial charge >= 0.3 is 0 Å². The number of piperidine rings is 1. The lowest BCUT2D eigenvalue weighted by Crippen LogP contribution is -2.44. The van der Waals surface area contributed by atoms with Crippen molar-refractivity contribution in [3.63, 3.8) is 0 Å². The molecule has 18 heavy (non-hydrogen) atoms. The van der Waals surface area contributed by atoms with Gasteiger partial charge in [0, 0.05) is 18.1 Å². The topological polar surface area (TPSA) is 3.24 Å². The molecule has 1 aromatic carbocycles. The summed E-state index contributed by atoms with van der Waals surface area (Å²) in [6, 6.07) is 11.6. The first kappa shape index (κ1) is 12.5. The van der Waals surface area contributed by atoms with Gasteiger partial charge in [-0.15, -0.1) is 12.4 Å². The molecule has 2 heteroatoms. The van der Waals surface area contributed by atoms with Gasteiger partial charge in [0.1, 0.15) is 0 Å². The Bertz CT molecular complexity index is 407. The number of nitrogens with zero attached hydrogens (tertiary/aromatic N) is 1. The zero-order valence-corrected chi connectivity index (χ0v) is 11.8. The fourth-order valence-corrected chi connectivity index (χ4v) is 4.21. The van der Waals surface area contributed by atoms with Crippen molar-refractivity contribution < 1.29 is 0 Å². The summed E-state index contributed by atoms with van der Waals surface area (Å²) >= 11 is 0. The molecular formula is C16H22ClN. The molecule has 1 saturated carbocycles. The zero-order chi connectivity index (χ0) is 11.4. The summed E-state index contributed by atoms with van der Waals surface area (Å²) in [7, 11) is 0. The summed E-state index contributed by atoms with van der Waals surface area (Å²) in [6.07, 6.45) is 7.09. The third-order valence-electron chi connectivity index (χ3n) is 5.18. The van der Waals surface area contributed by atoms with Crippen molar-refractivity contribution in [2.24, 2.45) is 5.92 Å². The summed E-state index contributed by atoms with van der Waals surface area (Å²) in [4.78, 5) is 2.87. The summed E-state index contributed by atoms with van der Waals surface area (Å²) in [6.45, 7) is 2.43. The molecule has 0 N–H and O–H groups in total. The lowest BCUT2D eigenvalue weighted by Gasteiger charge is -2.46. The number of fused-ring (bicyclic) bond motifs is 5. The highest BCUT2D eigenvalue weighted by Gasteiger charge is 2.47. The Kier molecular flexibility index (Phi) is 3.15. The maximum atomic E-state index is 2.87. The van der Waals surface area contributed by atoms with Gasteiger partial charge in [0.25, 0.3) is 0 Å². The Hall–Kier alpha value is -0.530. The molecule has 1 aliphatic carbocycles. The highest BCUT2D eigenvalue weighted by atomic mass is 35.5. The van der Waals surface area contributed by atoms with Crippen molar-refractivity contribution in [2.75, 3.05) is 0 Å². The predicted molar refractivity (Wildman–Crippen MR) is 77.0 cm³/mol. The Morgan fingerprint density at radius 2 is 1.56 bits per heavy atom. The number of hydrogen-bond acceptors (Lipinski definition) is 1. The second-order valence-corrected chi connectivity index (χ2v) is 6.27. The van der Waals surface area contributed by atoms with Crippen LogP contribution in [0.5, 0.6) is 0 Å². The SMILES string of the molecule is CC1CC2c3ccccc3C(C1)N2C1CCC1.Cl. The molecule has 2 atom stereocenters. The second-order valence-electron chi connectivity index (χ2n) is 6.27. The minimum Gasteiger partial charge on any atom is -0.286 e. The van der Waals surface area contributed by atoms with Crippen molar-refractivity contribution in [2.45, 2.75) is 57.2 Å². The first-order valence-electron chi connectivity index (χ1n) is 7.21. The smallest absolute Gasteiger partial charge is 0.0363 e. The van der Waals surface area contributed by atoms with Crippen molar-refractivity contribution in [3.05, 3.63) is 35.4 Å². The van der Waals surface area contributed by atoms with Gasteiger partial charge in [-0.25, -0.2) is 0 Å². The maximum absolute atomic E-state index is 2.87. The molecule has 4 rings (SSSR count). The van der Waals surface area contributed by atoms with E-state index in [2.05, 4.69) is 36.1 Å². The highest BCUT2D eigenvalue weighted by molar-refractivity contribution is 5.85. The van der Waals surface area contributed by atoms with Gasteiger partial charge in [0.05, 0.1) is 0 Å². The third kappa shape index (κ3) is 1.64. The number of rotatable bonds is 1. The summed E-state index contributed by atoms with van der Waals surface area (Å²) in [5.74, 6) is 0.897. The molecule has 2 bridgehead atoms. The molecule has 1 nitrogen and oxygen atoms in total. The molecule has 2 aliphatic heterocycles. The predicted octanol–water partition coefficient (Wildman–Crippen LogP) is 4.49. The van der Waals surface area contributed by atoms with E-state index in [1.807, 2.05) is 0 Å². The monoisotopic (exact) mass is 263 g/mol. The average molecular weight is 264 g/mol. The Labute approximate surface area is 116 Å². The maximum Gasteiger partial charge on any atom is 0.0363 e. The van der Waals surface area contributed by atoms with Gasteiger partial charge in [-0.2, -0.15) is 0 Å². The minimum atomic E-state index is 0. The first-order chi connectivity index (χ1) is 8.34. The van der Waals surface area contributed by atoms with E-state index in [1.165, 1.54) is 32.1 Å². The van der Waals surface area contributed by atoms with Gasteiger partial charge in [-0.1, -0.05) is 37.6 Å². The molecule has 1 saturated heterocycles. The number of benzene rings is 1. The lowest BCUT2D eigenvalue weighted by molar-refractivity contribution is 0.00372. The fraction of sp³-hybridized carbons (Fsp3) is 0.625. The van der Waals surface area contributed by atoms with Gasteiger partial charge in [-0.3, -0.25) is 4.90 Å². The molecule has 1 aromatic rings. The quantitative estimate of drug-likeness (QED) is 0.722. The fourth-order valence-electron chi connectivity index (χ4n) is 4.21. The van der Waals surface area contributed by atoms with Gasteiger partial charge < -0.3 is 0 Å². The van der Waals surface area contributed by atoms with Crippen LogP contribution >= 0.6 is 12.4 Å². The first-order valence-corrected chi connectivity index (χ1v) is 7.21. The largest absolute Gasteiger partial charge is 0.286 e. The molecule has 0 radical (unpaired) electrons. The van der Waals surface area contributed by atoms with E-state index in [9.17, 15) is 0 Å². The molecule has 3 aliphatic rings. The van der Waals surface area contributed by atoms with Crippen LogP contribution in [-0.4, -0.2) is 10.9 Å². The van der Waals surface area contributed by atoms with Crippen molar-refractivity contribution in [3.8, 4) is 0 Å². The third-order valence-corrected chi connectivity index (χ3v) is 5.18. The Morgan fingerprint density at radius 3 is 2.00 bits per heavy atom. The van der Waals surface area contributed by atoms with Crippen LogP contribution < -0.4 is 0 Å². The van der Waals surface area contributed by atoms with E-state index in [0.717, 1.165) is 24.0 Å².